The van der Waals surface area contributed by atoms with Crippen molar-refractivity contribution in [3.05, 3.63) is 68.5 Å². The van der Waals surface area contributed by atoms with Crippen LogP contribution in [0.25, 0.3) is 10.9 Å². The fourth-order valence-corrected chi connectivity index (χ4v) is 6.96. The number of aromatic nitrogens is 1. The van der Waals surface area contributed by atoms with E-state index in [4.69, 9.17) is 11.6 Å². The van der Waals surface area contributed by atoms with Crippen molar-refractivity contribution in [2.24, 2.45) is 7.05 Å². The summed E-state index contributed by atoms with van der Waals surface area (Å²) < 4.78 is 57.3. The summed E-state index contributed by atoms with van der Waals surface area (Å²) in [7, 11) is -6.35. The fourth-order valence-electron chi connectivity index (χ4n) is 2.85. The lowest BCUT2D eigenvalue weighted by Gasteiger charge is -2.14. The van der Waals surface area contributed by atoms with Gasteiger partial charge in [0.2, 0.25) is 0 Å². The first kappa shape index (κ1) is 21.8. The zero-order valence-corrected chi connectivity index (χ0v) is 19.7. The lowest BCUT2D eigenvalue weighted by Crippen LogP contribution is -2.17. The van der Waals surface area contributed by atoms with Gasteiger partial charge < -0.3 is 0 Å². The van der Waals surface area contributed by atoms with Crippen molar-refractivity contribution in [2.45, 2.75) is 9.10 Å². The number of nitrogens with zero attached hydrogens (tertiary/aromatic N) is 1. The molecule has 4 rings (SSSR count). The number of halogens is 1. The largest absolute Gasteiger partial charge is 0.297 e. The first-order valence-corrected chi connectivity index (χ1v) is 13.6. The van der Waals surface area contributed by atoms with Gasteiger partial charge in [0.15, 0.2) is 0 Å². The number of nitrogens with one attached hydrogen (secondary N) is 2. The van der Waals surface area contributed by atoms with Crippen molar-refractivity contribution < 1.29 is 16.8 Å². The summed E-state index contributed by atoms with van der Waals surface area (Å²) in [5.74, 6) is 0. The van der Waals surface area contributed by atoms with Crippen LogP contribution in [0, 0.1) is 0 Å². The molecule has 0 radical (unpaired) electrons. The third-order valence-electron chi connectivity index (χ3n) is 4.29. The predicted molar refractivity (Wildman–Crippen MR) is 124 cm³/mol. The molecule has 2 heterocycles. The molecule has 8 nitrogen and oxygen atoms in total. The summed E-state index contributed by atoms with van der Waals surface area (Å²) >= 11 is 7.99. The maximum atomic E-state index is 13.0. The minimum absolute atomic E-state index is 0.0113. The second kappa shape index (κ2) is 7.95. The molecular weight excluding hydrogens is 502 g/mol. The van der Waals surface area contributed by atoms with Gasteiger partial charge in [-0.05, 0) is 59.4 Å². The van der Waals surface area contributed by atoms with E-state index >= 15 is 0 Å². The number of thiophene rings is 1. The Kier molecular flexibility index (Phi) is 5.60. The summed E-state index contributed by atoms with van der Waals surface area (Å²) in [6.45, 7) is 0. The van der Waals surface area contributed by atoms with Crippen LogP contribution in [0.5, 0.6) is 0 Å². The second-order valence-electron chi connectivity index (χ2n) is 6.39. The van der Waals surface area contributed by atoms with E-state index in [1.807, 2.05) is 0 Å². The average Bonchev–Trinajstić information content (AvgIpc) is 3.33. The van der Waals surface area contributed by atoms with Gasteiger partial charge in [-0.2, -0.15) is 0 Å². The molecule has 0 saturated heterocycles. The SMILES string of the molecule is Cn1sc(=O)c2cc(S(=O)(=O)Nc3ccc(Cl)cc3NS(=O)(=O)c3cccs3)ccc21. The molecular formula is C18H14ClN3O5S4. The minimum Gasteiger partial charge on any atom is -0.297 e. The van der Waals surface area contributed by atoms with E-state index < -0.39 is 20.0 Å². The predicted octanol–water partition coefficient (Wildman–Crippen LogP) is 3.92. The third kappa shape index (κ3) is 4.34. The van der Waals surface area contributed by atoms with E-state index in [0.717, 1.165) is 22.9 Å². The molecule has 2 aromatic heterocycles. The molecule has 0 aliphatic heterocycles. The molecule has 162 valence electrons. The molecule has 0 bridgehead atoms. The molecule has 13 heteroatoms. The summed E-state index contributed by atoms with van der Waals surface area (Å²) in [4.78, 5) is 12.0. The Morgan fingerprint density at radius 1 is 0.935 bits per heavy atom. The van der Waals surface area contributed by atoms with E-state index in [-0.39, 0.29) is 35.6 Å². The highest BCUT2D eigenvalue weighted by molar-refractivity contribution is 7.94. The maximum Gasteiger partial charge on any atom is 0.271 e. The minimum atomic E-state index is -4.13. The quantitative estimate of drug-likeness (QED) is 0.404. The Morgan fingerprint density at radius 2 is 1.68 bits per heavy atom. The molecule has 0 unspecified atom stereocenters. The van der Waals surface area contributed by atoms with Crippen molar-refractivity contribution in [3.8, 4) is 0 Å². The highest BCUT2D eigenvalue weighted by atomic mass is 35.5. The van der Waals surface area contributed by atoms with Crippen LogP contribution in [-0.2, 0) is 27.1 Å². The lowest BCUT2D eigenvalue weighted by atomic mass is 10.2. The molecule has 0 fully saturated rings. The number of benzene rings is 2. The fraction of sp³-hybridized carbons (Fsp3) is 0.0556. The van der Waals surface area contributed by atoms with Gasteiger partial charge in [-0.15, -0.1) is 11.3 Å². The molecule has 4 aromatic rings. The summed E-state index contributed by atoms with van der Waals surface area (Å²) in [5, 5.41) is 2.11. The van der Waals surface area contributed by atoms with Crippen LogP contribution in [0.15, 0.2) is 67.8 Å². The molecule has 0 amide bonds. The number of fused-ring (bicyclic) bond motifs is 1. The van der Waals surface area contributed by atoms with E-state index in [2.05, 4.69) is 9.44 Å². The maximum absolute atomic E-state index is 13.0. The van der Waals surface area contributed by atoms with Gasteiger partial charge in [0, 0.05) is 12.1 Å². The van der Waals surface area contributed by atoms with Gasteiger partial charge in [-0.1, -0.05) is 17.7 Å². The molecule has 31 heavy (non-hydrogen) atoms. The Bertz CT molecular complexity index is 1560. The van der Waals surface area contributed by atoms with E-state index in [9.17, 15) is 21.6 Å². The van der Waals surface area contributed by atoms with Gasteiger partial charge in [-0.3, -0.25) is 18.2 Å². The number of rotatable bonds is 6. The smallest absolute Gasteiger partial charge is 0.271 e. The topological polar surface area (TPSA) is 114 Å². The monoisotopic (exact) mass is 515 g/mol. The summed E-state index contributed by atoms with van der Waals surface area (Å²) in [6.07, 6.45) is 0. The van der Waals surface area contributed by atoms with E-state index in [0.29, 0.717) is 5.52 Å². The number of hydrogen-bond donors (Lipinski definition) is 2. The molecule has 0 saturated carbocycles. The highest BCUT2D eigenvalue weighted by Gasteiger charge is 2.22. The Balaban J connectivity index is 1.72. The molecule has 0 aliphatic rings. The first-order valence-electron chi connectivity index (χ1n) is 8.56. The number of aryl methyl sites for hydroxylation is 1. The third-order valence-corrected chi connectivity index (χ3v) is 9.51. The van der Waals surface area contributed by atoms with Crippen molar-refractivity contribution in [1.29, 1.82) is 0 Å². The Hall–Kier alpha value is -2.38. The lowest BCUT2D eigenvalue weighted by molar-refractivity contribution is 0.599. The number of sulfonamides is 2. The Labute approximate surface area is 191 Å². The average molecular weight is 516 g/mol. The van der Waals surface area contributed by atoms with E-state index in [1.165, 1.54) is 36.4 Å². The number of hydrogen-bond acceptors (Lipinski definition) is 7. The molecule has 0 spiro atoms. The highest BCUT2D eigenvalue weighted by Crippen LogP contribution is 2.31. The molecule has 0 atom stereocenters. The van der Waals surface area contributed by atoms with Crippen LogP contribution in [0.3, 0.4) is 0 Å². The van der Waals surface area contributed by atoms with E-state index in [1.54, 1.807) is 28.5 Å². The van der Waals surface area contributed by atoms with Crippen LogP contribution in [0.4, 0.5) is 11.4 Å². The van der Waals surface area contributed by atoms with Crippen LogP contribution in [-0.4, -0.2) is 20.8 Å². The normalized spacial score (nSPS) is 12.2. The van der Waals surface area contributed by atoms with Crippen LogP contribution in [0.2, 0.25) is 5.02 Å². The van der Waals surface area contributed by atoms with Gasteiger partial charge in [0.05, 0.1) is 27.2 Å². The standard InChI is InChI=1S/C18H14ClN3O5S4/c1-22-16-7-5-12(10-13(16)18(23)29-22)30(24,25)20-14-6-4-11(19)9-15(14)21-31(26,27)17-3-2-8-28-17/h2-10,20-21H,1H3. The van der Waals surface area contributed by atoms with Crippen molar-refractivity contribution >= 4 is 76.8 Å². The van der Waals surface area contributed by atoms with Crippen molar-refractivity contribution in [1.82, 2.24) is 3.96 Å². The number of anilines is 2. The first-order chi connectivity index (χ1) is 14.6. The molecule has 2 N–H and O–H groups in total. The van der Waals surface area contributed by atoms with Crippen LogP contribution < -0.4 is 14.2 Å². The Morgan fingerprint density at radius 3 is 2.39 bits per heavy atom. The molecule has 2 aromatic carbocycles. The van der Waals surface area contributed by atoms with Gasteiger partial charge in [0.25, 0.3) is 24.8 Å². The van der Waals surface area contributed by atoms with Gasteiger partial charge >= 0.3 is 0 Å². The summed E-state index contributed by atoms with van der Waals surface area (Å²) in [6, 6.07) is 11.3. The molecule has 0 aliphatic carbocycles. The van der Waals surface area contributed by atoms with Crippen LogP contribution >= 0.6 is 34.5 Å². The van der Waals surface area contributed by atoms with Crippen LogP contribution in [0.1, 0.15) is 0 Å². The van der Waals surface area contributed by atoms with Gasteiger partial charge in [0.1, 0.15) is 4.21 Å². The summed E-state index contributed by atoms with van der Waals surface area (Å²) in [5.41, 5.74) is 0.574. The zero-order chi connectivity index (χ0) is 22.4. The zero-order valence-electron chi connectivity index (χ0n) is 15.7. The van der Waals surface area contributed by atoms with Gasteiger partial charge in [-0.25, -0.2) is 16.8 Å². The second-order valence-corrected chi connectivity index (χ2v) is 12.5. The van der Waals surface area contributed by atoms with Crippen molar-refractivity contribution in [3.63, 3.8) is 0 Å². The van der Waals surface area contributed by atoms with Crippen molar-refractivity contribution in [2.75, 3.05) is 9.44 Å².